The second-order valence-electron chi connectivity index (χ2n) is 4.43. The average molecular weight is 260 g/mol. The lowest BCUT2D eigenvalue weighted by atomic mass is 9.91. The van der Waals surface area contributed by atoms with Gasteiger partial charge in [0.25, 0.3) is 0 Å². The Morgan fingerprint density at radius 3 is 2.88 bits per heavy atom. The highest BCUT2D eigenvalue weighted by Gasteiger charge is 2.22. The van der Waals surface area contributed by atoms with Gasteiger partial charge < -0.3 is 5.32 Å². The number of nitrogens with one attached hydrogen (secondary N) is 1. The Bertz CT molecular complexity index is 322. The van der Waals surface area contributed by atoms with Crippen LogP contribution in [0.4, 0.5) is 0 Å². The van der Waals surface area contributed by atoms with E-state index in [-0.39, 0.29) is 11.3 Å². The molecule has 4 heteroatoms. The van der Waals surface area contributed by atoms with E-state index in [0.29, 0.717) is 18.8 Å². The van der Waals surface area contributed by atoms with Gasteiger partial charge in [-0.15, -0.1) is 22.9 Å². The summed E-state index contributed by atoms with van der Waals surface area (Å²) in [6.07, 6.45) is 1.26. The van der Waals surface area contributed by atoms with Gasteiger partial charge in [-0.2, -0.15) is 0 Å². The largest absolute Gasteiger partial charge is 0.355 e. The highest BCUT2D eigenvalue weighted by Crippen LogP contribution is 2.26. The van der Waals surface area contributed by atoms with Crippen LogP contribution in [-0.4, -0.2) is 18.3 Å². The Hall–Kier alpha value is -0.540. The van der Waals surface area contributed by atoms with Crippen molar-refractivity contribution >= 4 is 28.8 Å². The molecule has 1 aromatic rings. The lowest BCUT2D eigenvalue weighted by Gasteiger charge is -2.23. The van der Waals surface area contributed by atoms with Crippen molar-refractivity contribution in [3.05, 3.63) is 22.4 Å². The van der Waals surface area contributed by atoms with Crippen LogP contribution >= 0.6 is 22.9 Å². The van der Waals surface area contributed by atoms with Gasteiger partial charge in [0.2, 0.25) is 5.91 Å². The SMILES string of the molecule is CC(C)(CNC(=O)CCCCl)c1cccs1. The molecule has 0 aliphatic rings. The van der Waals surface area contributed by atoms with Crippen LogP contribution in [0, 0.1) is 0 Å². The first-order valence-corrected chi connectivity index (χ1v) is 6.84. The Balaban J connectivity index is 2.39. The smallest absolute Gasteiger partial charge is 0.220 e. The molecule has 0 unspecified atom stereocenters. The normalized spacial score (nSPS) is 11.4. The summed E-state index contributed by atoms with van der Waals surface area (Å²) in [5.41, 5.74) is 0.00475. The molecule has 1 aromatic heterocycles. The maximum absolute atomic E-state index is 11.5. The van der Waals surface area contributed by atoms with E-state index in [1.807, 2.05) is 6.07 Å². The highest BCUT2D eigenvalue weighted by atomic mass is 35.5. The van der Waals surface area contributed by atoms with Crippen molar-refractivity contribution in [1.82, 2.24) is 5.32 Å². The third-order valence-electron chi connectivity index (χ3n) is 2.45. The molecule has 2 nitrogen and oxygen atoms in total. The molecule has 0 aromatic carbocycles. The minimum absolute atomic E-state index is 0.00475. The average Bonchev–Trinajstić information content (AvgIpc) is 2.77. The van der Waals surface area contributed by atoms with Crippen LogP contribution in [0.2, 0.25) is 0 Å². The minimum Gasteiger partial charge on any atom is -0.355 e. The van der Waals surface area contributed by atoms with Gasteiger partial charge in [-0.1, -0.05) is 19.9 Å². The Morgan fingerprint density at radius 2 is 2.31 bits per heavy atom. The van der Waals surface area contributed by atoms with Gasteiger partial charge in [-0.3, -0.25) is 4.79 Å². The summed E-state index contributed by atoms with van der Waals surface area (Å²) >= 11 is 7.27. The van der Waals surface area contributed by atoms with Crippen molar-refractivity contribution in [2.24, 2.45) is 0 Å². The number of hydrogen-bond donors (Lipinski definition) is 1. The molecule has 0 radical (unpaired) electrons. The van der Waals surface area contributed by atoms with E-state index in [0.717, 1.165) is 6.42 Å². The number of halogens is 1. The van der Waals surface area contributed by atoms with E-state index >= 15 is 0 Å². The van der Waals surface area contributed by atoms with Crippen molar-refractivity contribution in [2.75, 3.05) is 12.4 Å². The standard InChI is InChI=1S/C12H18ClNOS/c1-12(2,10-5-4-8-16-10)9-14-11(15)6-3-7-13/h4-5,8H,3,6-7,9H2,1-2H3,(H,14,15). The van der Waals surface area contributed by atoms with Crippen LogP contribution in [0.5, 0.6) is 0 Å². The quantitative estimate of drug-likeness (QED) is 0.782. The third kappa shape index (κ3) is 4.14. The number of thiophene rings is 1. The van der Waals surface area contributed by atoms with E-state index in [2.05, 4.69) is 30.6 Å². The highest BCUT2D eigenvalue weighted by molar-refractivity contribution is 7.10. The van der Waals surface area contributed by atoms with Gasteiger partial charge >= 0.3 is 0 Å². The van der Waals surface area contributed by atoms with Gasteiger partial charge in [-0.25, -0.2) is 0 Å². The lowest BCUT2D eigenvalue weighted by Crippen LogP contribution is -2.36. The first kappa shape index (κ1) is 13.5. The second-order valence-corrected chi connectivity index (χ2v) is 5.76. The van der Waals surface area contributed by atoms with Crippen LogP contribution < -0.4 is 5.32 Å². The van der Waals surface area contributed by atoms with Gasteiger partial charge in [0, 0.05) is 29.1 Å². The number of amides is 1. The van der Waals surface area contributed by atoms with Gasteiger partial charge in [0.1, 0.15) is 0 Å². The van der Waals surface area contributed by atoms with Gasteiger partial charge in [-0.05, 0) is 17.9 Å². The molecule has 0 atom stereocenters. The fourth-order valence-corrected chi connectivity index (χ4v) is 2.37. The van der Waals surface area contributed by atoms with Crippen molar-refractivity contribution < 1.29 is 4.79 Å². The summed E-state index contributed by atoms with van der Waals surface area (Å²) in [4.78, 5) is 12.7. The molecule has 0 fully saturated rings. The topological polar surface area (TPSA) is 29.1 Å². The zero-order chi connectivity index (χ0) is 12.0. The summed E-state index contributed by atoms with van der Waals surface area (Å²) in [7, 11) is 0. The molecule has 0 saturated heterocycles. The molecule has 1 heterocycles. The second kappa shape index (κ2) is 6.26. The molecular formula is C12H18ClNOS. The Morgan fingerprint density at radius 1 is 1.56 bits per heavy atom. The maximum atomic E-state index is 11.5. The fourth-order valence-electron chi connectivity index (χ4n) is 1.39. The molecule has 0 aliphatic carbocycles. The van der Waals surface area contributed by atoms with Gasteiger partial charge in [0.05, 0.1) is 0 Å². The van der Waals surface area contributed by atoms with Crippen molar-refractivity contribution in [3.63, 3.8) is 0 Å². The van der Waals surface area contributed by atoms with Crippen LogP contribution in [0.3, 0.4) is 0 Å². The van der Waals surface area contributed by atoms with E-state index in [1.165, 1.54) is 4.88 Å². The molecule has 0 aliphatic heterocycles. The summed E-state index contributed by atoms with van der Waals surface area (Å²) < 4.78 is 0. The molecule has 16 heavy (non-hydrogen) atoms. The zero-order valence-corrected chi connectivity index (χ0v) is 11.3. The van der Waals surface area contributed by atoms with Crippen LogP contribution in [0.1, 0.15) is 31.6 Å². The van der Waals surface area contributed by atoms with Crippen molar-refractivity contribution in [1.29, 1.82) is 0 Å². The van der Waals surface area contributed by atoms with E-state index < -0.39 is 0 Å². The summed E-state index contributed by atoms with van der Waals surface area (Å²) in [6, 6.07) is 4.15. The number of carbonyl (C=O) groups excluding carboxylic acids is 1. The number of rotatable bonds is 6. The molecular weight excluding hydrogens is 242 g/mol. The monoisotopic (exact) mass is 259 g/mol. The molecule has 1 N–H and O–H groups in total. The lowest BCUT2D eigenvalue weighted by molar-refractivity contribution is -0.121. The number of carbonyl (C=O) groups is 1. The summed E-state index contributed by atoms with van der Waals surface area (Å²) in [6.45, 7) is 4.95. The molecule has 90 valence electrons. The fraction of sp³-hybridized carbons (Fsp3) is 0.583. The number of alkyl halides is 1. The van der Waals surface area contributed by atoms with Crippen LogP contribution in [0.25, 0.3) is 0 Å². The maximum Gasteiger partial charge on any atom is 0.220 e. The van der Waals surface area contributed by atoms with E-state index in [4.69, 9.17) is 11.6 Å². The third-order valence-corrected chi connectivity index (χ3v) is 3.96. The Labute approximate surface area is 106 Å². The van der Waals surface area contributed by atoms with Crippen molar-refractivity contribution in [2.45, 2.75) is 32.1 Å². The predicted octanol–water partition coefficient (Wildman–Crippen LogP) is 3.16. The van der Waals surface area contributed by atoms with E-state index in [9.17, 15) is 4.79 Å². The predicted molar refractivity (Wildman–Crippen MR) is 70.3 cm³/mol. The molecule has 0 saturated carbocycles. The molecule has 0 spiro atoms. The zero-order valence-electron chi connectivity index (χ0n) is 9.75. The van der Waals surface area contributed by atoms with Gasteiger partial charge in [0.15, 0.2) is 0 Å². The number of hydrogen-bond acceptors (Lipinski definition) is 2. The van der Waals surface area contributed by atoms with E-state index in [1.54, 1.807) is 11.3 Å². The first-order valence-electron chi connectivity index (χ1n) is 5.43. The minimum atomic E-state index is 0.00475. The summed E-state index contributed by atoms with van der Waals surface area (Å²) in [5, 5.41) is 5.02. The molecule has 1 rings (SSSR count). The van der Waals surface area contributed by atoms with Crippen LogP contribution in [0.15, 0.2) is 17.5 Å². The van der Waals surface area contributed by atoms with Crippen LogP contribution in [-0.2, 0) is 10.2 Å². The van der Waals surface area contributed by atoms with Crippen molar-refractivity contribution in [3.8, 4) is 0 Å². The Kier molecular flexibility index (Phi) is 5.29. The molecule has 1 amide bonds. The summed E-state index contributed by atoms with van der Waals surface area (Å²) in [5.74, 6) is 0.632. The first-order chi connectivity index (χ1) is 7.56. The molecule has 0 bridgehead atoms.